The lowest BCUT2D eigenvalue weighted by Crippen LogP contribution is -2.02. The maximum Gasteiger partial charge on any atom is 0.128 e. The fourth-order valence-electron chi connectivity index (χ4n) is 1.54. The Hall–Kier alpha value is -1.04. The van der Waals surface area contributed by atoms with Crippen LogP contribution in [0.3, 0.4) is 0 Å². The molecule has 0 aliphatic carbocycles. The molecule has 0 amide bonds. The first-order valence-electron chi connectivity index (χ1n) is 5.45. The first kappa shape index (κ1) is 13.4. The molecule has 0 aliphatic heterocycles. The molecule has 0 bridgehead atoms. The van der Waals surface area contributed by atoms with Crippen molar-refractivity contribution in [3.8, 4) is 11.5 Å². The monoisotopic (exact) mass is 327 g/mol. The first-order chi connectivity index (χ1) is 8.72. The molecule has 0 saturated heterocycles. The van der Waals surface area contributed by atoms with Crippen LogP contribution in [0, 0.1) is 0 Å². The van der Waals surface area contributed by atoms with Crippen LogP contribution in [0.1, 0.15) is 10.4 Å². The molecule has 0 atom stereocenters. The minimum atomic E-state index is 0.452. The van der Waals surface area contributed by atoms with Gasteiger partial charge in [-0.2, -0.15) is 0 Å². The Morgan fingerprint density at radius 1 is 1.33 bits per heavy atom. The van der Waals surface area contributed by atoms with Gasteiger partial charge in [0, 0.05) is 32.9 Å². The van der Waals surface area contributed by atoms with Crippen LogP contribution in [0.5, 0.6) is 11.5 Å². The van der Waals surface area contributed by atoms with Crippen LogP contribution >= 0.6 is 27.3 Å². The molecule has 0 saturated carbocycles. The van der Waals surface area contributed by atoms with Crippen molar-refractivity contribution in [1.82, 2.24) is 0 Å². The Morgan fingerprint density at radius 3 is 2.78 bits per heavy atom. The van der Waals surface area contributed by atoms with E-state index in [4.69, 9.17) is 15.2 Å². The molecule has 2 N–H and O–H groups in total. The zero-order valence-electron chi connectivity index (χ0n) is 9.98. The van der Waals surface area contributed by atoms with Gasteiger partial charge in [0.05, 0.1) is 7.11 Å². The molecule has 18 heavy (non-hydrogen) atoms. The molecule has 0 fully saturated rings. The molecule has 2 aromatic rings. The minimum absolute atomic E-state index is 0.452. The highest BCUT2D eigenvalue weighted by atomic mass is 79.9. The largest absolute Gasteiger partial charge is 0.497 e. The summed E-state index contributed by atoms with van der Waals surface area (Å²) in [5, 5.41) is 2.04. The number of ether oxygens (including phenoxy) is 2. The van der Waals surface area contributed by atoms with Crippen molar-refractivity contribution in [3.63, 3.8) is 0 Å². The molecule has 1 aromatic carbocycles. The molecular formula is C13H14BrNO2S. The van der Waals surface area contributed by atoms with E-state index in [1.165, 1.54) is 0 Å². The summed E-state index contributed by atoms with van der Waals surface area (Å²) in [6, 6.07) is 7.73. The predicted octanol–water partition coefficient (Wildman–Crippen LogP) is 3.56. The fourth-order valence-corrected chi connectivity index (χ4v) is 2.91. The summed E-state index contributed by atoms with van der Waals surface area (Å²) in [5.41, 5.74) is 6.67. The minimum Gasteiger partial charge on any atom is -0.497 e. The van der Waals surface area contributed by atoms with E-state index in [1.807, 2.05) is 29.6 Å². The quantitative estimate of drug-likeness (QED) is 0.913. The number of halogens is 1. The van der Waals surface area contributed by atoms with E-state index in [9.17, 15) is 0 Å². The molecule has 3 nitrogen and oxygen atoms in total. The highest BCUT2D eigenvalue weighted by molar-refractivity contribution is 9.10. The van der Waals surface area contributed by atoms with Crippen LogP contribution in [-0.2, 0) is 13.2 Å². The van der Waals surface area contributed by atoms with Gasteiger partial charge >= 0.3 is 0 Å². The van der Waals surface area contributed by atoms with Crippen LogP contribution in [0.25, 0.3) is 0 Å². The number of thiophene rings is 1. The normalized spacial score (nSPS) is 10.4. The van der Waals surface area contributed by atoms with E-state index >= 15 is 0 Å². The van der Waals surface area contributed by atoms with Crippen molar-refractivity contribution in [2.24, 2.45) is 5.73 Å². The first-order valence-corrected chi connectivity index (χ1v) is 7.13. The number of rotatable bonds is 5. The Kier molecular flexibility index (Phi) is 4.63. The maximum atomic E-state index is 5.80. The van der Waals surface area contributed by atoms with Gasteiger partial charge in [0.2, 0.25) is 0 Å². The third-order valence-electron chi connectivity index (χ3n) is 2.49. The molecule has 1 aromatic heterocycles. The van der Waals surface area contributed by atoms with Gasteiger partial charge in [-0.25, -0.2) is 0 Å². The zero-order chi connectivity index (χ0) is 13.0. The second-order valence-electron chi connectivity index (χ2n) is 3.70. The molecule has 0 spiro atoms. The summed E-state index contributed by atoms with van der Waals surface area (Å²) < 4.78 is 12.1. The van der Waals surface area contributed by atoms with Gasteiger partial charge in [-0.05, 0) is 28.1 Å². The van der Waals surface area contributed by atoms with Crippen molar-refractivity contribution >= 4 is 27.3 Å². The molecule has 0 unspecified atom stereocenters. The zero-order valence-corrected chi connectivity index (χ0v) is 12.4. The molecule has 96 valence electrons. The summed E-state index contributed by atoms with van der Waals surface area (Å²) in [6.45, 7) is 0.990. The lowest BCUT2D eigenvalue weighted by Gasteiger charge is -2.11. The number of nitrogens with two attached hydrogens (primary N) is 1. The van der Waals surface area contributed by atoms with Gasteiger partial charge in [-0.1, -0.05) is 6.07 Å². The third kappa shape index (κ3) is 3.25. The van der Waals surface area contributed by atoms with Gasteiger partial charge in [-0.15, -0.1) is 11.3 Å². The Balaban J connectivity index is 2.11. The lowest BCUT2D eigenvalue weighted by molar-refractivity contribution is 0.304. The number of methoxy groups -OCH3 is 1. The summed E-state index contributed by atoms with van der Waals surface area (Å²) in [5.74, 6) is 1.55. The van der Waals surface area contributed by atoms with E-state index in [1.54, 1.807) is 18.4 Å². The molecule has 1 heterocycles. The van der Waals surface area contributed by atoms with E-state index in [0.717, 1.165) is 26.4 Å². The van der Waals surface area contributed by atoms with E-state index in [2.05, 4.69) is 15.9 Å². The maximum absolute atomic E-state index is 5.80. The van der Waals surface area contributed by atoms with Gasteiger partial charge in [0.1, 0.15) is 18.1 Å². The van der Waals surface area contributed by atoms with Crippen LogP contribution < -0.4 is 15.2 Å². The second kappa shape index (κ2) is 6.22. The van der Waals surface area contributed by atoms with Crippen LogP contribution in [0.4, 0.5) is 0 Å². The Labute approximate surface area is 119 Å². The standard InChI is InChI=1S/C13H14BrNO2S/c1-16-11-3-2-9(6-15)13(5-11)17-7-12-4-10(14)8-18-12/h2-5,8H,6-7,15H2,1H3. The van der Waals surface area contributed by atoms with Crippen LogP contribution in [-0.4, -0.2) is 7.11 Å². The van der Waals surface area contributed by atoms with Gasteiger partial charge in [0.25, 0.3) is 0 Å². The van der Waals surface area contributed by atoms with E-state index in [0.29, 0.717) is 13.2 Å². The Morgan fingerprint density at radius 2 is 2.17 bits per heavy atom. The summed E-state index contributed by atoms with van der Waals surface area (Å²) in [4.78, 5) is 1.16. The van der Waals surface area contributed by atoms with Crippen molar-refractivity contribution in [2.75, 3.05) is 7.11 Å². The summed E-state index contributed by atoms with van der Waals surface area (Å²) in [7, 11) is 1.64. The average molecular weight is 328 g/mol. The van der Waals surface area contributed by atoms with Crippen molar-refractivity contribution < 1.29 is 9.47 Å². The lowest BCUT2D eigenvalue weighted by atomic mass is 10.2. The van der Waals surface area contributed by atoms with Crippen LogP contribution in [0.2, 0.25) is 0 Å². The van der Waals surface area contributed by atoms with Crippen LogP contribution in [0.15, 0.2) is 34.1 Å². The molecule has 5 heteroatoms. The van der Waals surface area contributed by atoms with Gasteiger partial charge in [0.15, 0.2) is 0 Å². The number of benzene rings is 1. The summed E-state index contributed by atoms with van der Waals surface area (Å²) in [6.07, 6.45) is 0. The van der Waals surface area contributed by atoms with E-state index < -0.39 is 0 Å². The van der Waals surface area contributed by atoms with Crippen molar-refractivity contribution in [3.05, 3.63) is 44.6 Å². The SMILES string of the molecule is COc1ccc(CN)c(OCc2cc(Br)cs2)c1. The third-order valence-corrected chi connectivity index (χ3v) is 4.16. The van der Waals surface area contributed by atoms with Gasteiger partial charge < -0.3 is 15.2 Å². The van der Waals surface area contributed by atoms with Gasteiger partial charge in [-0.3, -0.25) is 0 Å². The highest BCUT2D eigenvalue weighted by Gasteiger charge is 2.06. The Bertz CT molecular complexity index is 527. The molecule has 2 rings (SSSR count). The average Bonchev–Trinajstić information content (AvgIpc) is 2.81. The van der Waals surface area contributed by atoms with Crippen molar-refractivity contribution in [2.45, 2.75) is 13.2 Å². The number of hydrogen-bond acceptors (Lipinski definition) is 4. The fraction of sp³-hybridized carbons (Fsp3) is 0.231. The summed E-state index contributed by atoms with van der Waals surface area (Å²) >= 11 is 5.08. The second-order valence-corrected chi connectivity index (χ2v) is 5.61. The smallest absolute Gasteiger partial charge is 0.128 e. The van der Waals surface area contributed by atoms with Crippen molar-refractivity contribution in [1.29, 1.82) is 0 Å². The predicted molar refractivity (Wildman–Crippen MR) is 77.2 cm³/mol. The molecule has 0 aliphatic rings. The number of hydrogen-bond donors (Lipinski definition) is 1. The van der Waals surface area contributed by atoms with E-state index in [-0.39, 0.29) is 0 Å². The molecule has 0 radical (unpaired) electrons. The topological polar surface area (TPSA) is 44.5 Å². The highest BCUT2D eigenvalue weighted by Crippen LogP contribution is 2.27. The molecular weight excluding hydrogens is 314 g/mol.